The van der Waals surface area contributed by atoms with Crippen molar-refractivity contribution in [1.29, 1.82) is 0 Å². The predicted octanol–water partition coefficient (Wildman–Crippen LogP) is 5.37. The van der Waals surface area contributed by atoms with E-state index in [1.807, 2.05) is 0 Å². The zero-order valence-electron chi connectivity index (χ0n) is 11.6. The molecule has 0 heterocycles. The van der Waals surface area contributed by atoms with Gasteiger partial charge in [-0.3, -0.25) is 0 Å². The van der Waals surface area contributed by atoms with Crippen LogP contribution in [0.1, 0.15) is 49.1 Å². The SMILES string of the molecule is CCCCC1[C@@H](c2ccccc2)[C@H]1c1ccccc1. The molecule has 1 saturated carbocycles. The van der Waals surface area contributed by atoms with Crippen molar-refractivity contribution in [1.82, 2.24) is 0 Å². The minimum Gasteiger partial charge on any atom is -0.0654 e. The number of hydrogen-bond donors (Lipinski definition) is 0. The molecule has 1 fully saturated rings. The zero-order chi connectivity index (χ0) is 13.1. The lowest BCUT2D eigenvalue weighted by Crippen LogP contribution is -1.83. The average molecular weight is 250 g/mol. The fourth-order valence-electron chi connectivity index (χ4n) is 3.43. The van der Waals surface area contributed by atoms with Gasteiger partial charge in [0.1, 0.15) is 0 Å². The van der Waals surface area contributed by atoms with Crippen molar-refractivity contribution in [3.63, 3.8) is 0 Å². The second-order valence-electron chi connectivity index (χ2n) is 5.68. The van der Waals surface area contributed by atoms with Crippen LogP contribution in [0, 0.1) is 5.92 Å². The van der Waals surface area contributed by atoms with Gasteiger partial charge >= 0.3 is 0 Å². The number of unbranched alkanes of at least 4 members (excludes halogenated alkanes) is 1. The molecule has 0 saturated heterocycles. The number of rotatable bonds is 5. The standard InChI is InChI=1S/C19H22/c1-2-3-14-17-18(15-10-6-4-7-11-15)19(17)16-12-8-5-9-13-16/h4-13,17-19H,2-3,14H2,1H3/t17?,18-,19+. The van der Waals surface area contributed by atoms with E-state index >= 15 is 0 Å². The van der Waals surface area contributed by atoms with Crippen molar-refractivity contribution in [3.8, 4) is 0 Å². The van der Waals surface area contributed by atoms with Crippen LogP contribution in [0.4, 0.5) is 0 Å². The normalized spacial score (nSPS) is 25.2. The molecule has 0 aliphatic heterocycles. The van der Waals surface area contributed by atoms with Crippen LogP contribution in [-0.4, -0.2) is 0 Å². The van der Waals surface area contributed by atoms with Gasteiger partial charge in [0.25, 0.3) is 0 Å². The molecule has 1 unspecified atom stereocenters. The van der Waals surface area contributed by atoms with Gasteiger partial charge in [-0.25, -0.2) is 0 Å². The summed E-state index contributed by atoms with van der Waals surface area (Å²) in [7, 11) is 0. The highest BCUT2D eigenvalue weighted by molar-refractivity contribution is 5.38. The minimum absolute atomic E-state index is 0.746. The van der Waals surface area contributed by atoms with Crippen LogP contribution in [0.2, 0.25) is 0 Å². The van der Waals surface area contributed by atoms with Crippen LogP contribution >= 0.6 is 0 Å². The van der Waals surface area contributed by atoms with Crippen LogP contribution in [0.5, 0.6) is 0 Å². The van der Waals surface area contributed by atoms with Crippen LogP contribution in [-0.2, 0) is 0 Å². The van der Waals surface area contributed by atoms with Crippen LogP contribution in [0.3, 0.4) is 0 Å². The quantitative estimate of drug-likeness (QED) is 0.669. The summed E-state index contributed by atoms with van der Waals surface area (Å²) in [6.45, 7) is 2.29. The molecule has 0 heteroatoms. The maximum Gasteiger partial charge on any atom is -0.00558 e. The van der Waals surface area contributed by atoms with E-state index in [0.717, 1.165) is 17.8 Å². The molecule has 98 valence electrons. The third kappa shape index (κ3) is 2.58. The Morgan fingerprint density at radius 2 is 1.21 bits per heavy atom. The molecule has 1 aliphatic carbocycles. The van der Waals surface area contributed by atoms with Crippen LogP contribution in [0.15, 0.2) is 60.7 Å². The number of benzene rings is 2. The molecule has 0 N–H and O–H groups in total. The lowest BCUT2D eigenvalue weighted by Gasteiger charge is -2.00. The second-order valence-corrected chi connectivity index (χ2v) is 5.68. The Hall–Kier alpha value is -1.56. The van der Waals surface area contributed by atoms with Crippen molar-refractivity contribution in [2.75, 3.05) is 0 Å². The van der Waals surface area contributed by atoms with Gasteiger partial charge in [-0.1, -0.05) is 80.4 Å². The Balaban J connectivity index is 1.82. The molecular weight excluding hydrogens is 228 g/mol. The van der Waals surface area contributed by atoms with Gasteiger partial charge in [0, 0.05) is 0 Å². The van der Waals surface area contributed by atoms with Crippen molar-refractivity contribution >= 4 is 0 Å². The summed E-state index contributed by atoms with van der Waals surface area (Å²) in [6.07, 6.45) is 4.03. The molecule has 2 aromatic rings. The zero-order valence-corrected chi connectivity index (χ0v) is 11.6. The summed E-state index contributed by atoms with van der Waals surface area (Å²) >= 11 is 0. The maximum atomic E-state index is 2.30. The first-order valence-corrected chi connectivity index (χ1v) is 7.51. The van der Waals surface area contributed by atoms with E-state index in [1.165, 1.54) is 30.4 Å². The first-order valence-electron chi connectivity index (χ1n) is 7.51. The van der Waals surface area contributed by atoms with Gasteiger partial charge in [0.15, 0.2) is 0 Å². The largest absolute Gasteiger partial charge is 0.0654 e. The van der Waals surface area contributed by atoms with Crippen molar-refractivity contribution in [2.45, 2.75) is 38.0 Å². The third-order valence-corrected chi connectivity index (χ3v) is 4.43. The highest BCUT2D eigenvalue weighted by Crippen LogP contribution is 2.62. The molecule has 0 spiro atoms. The van der Waals surface area contributed by atoms with E-state index in [1.54, 1.807) is 0 Å². The van der Waals surface area contributed by atoms with Gasteiger partial charge in [-0.15, -0.1) is 0 Å². The summed E-state index contributed by atoms with van der Waals surface area (Å²) in [5.41, 5.74) is 3.05. The van der Waals surface area contributed by atoms with E-state index in [-0.39, 0.29) is 0 Å². The summed E-state index contributed by atoms with van der Waals surface area (Å²) in [6, 6.07) is 22.1. The first-order chi connectivity index (χ1) is 9.42. The fraction of sp³-hybridized carbons (Fsp3) is 0.368. The highest BCUT2D eigenvalue weighted by atomic mass is 14.5. The first kappa shape index (κ1) is 12.5. The summed E-state index contributed by atoms with van der Waals surface area (Å²) in [5, 5.41) is 0. The summed E-state index contributed by atoms with van der Waals surface area (Å²) in [5.74, 6) is 2.34. The lowest BCUT2D eigenvalue weighted by atomic mass is 10.0. The van der Waals surface area contributed by atoms with Gasteiger partial charge in [0.05, 0.1) is 0 Å². The van der Waals surface area contributed by atoms with Gasteiger partial charge in [-0.2, -0.15) is 0 Å². The van der Waals surface area contributed by atoms with Crippen LogP contribution < -0.4 is 0 Å². The van der Waals surface area contributed by atoms with Crippen molar-refractivity contribution in [3.05, 3.63) is 71.8 Å². The van der Waals surface area contributed by atoms with E-state index in [0.29, 0.717) is 0 Å². The number of hydrogen-bond acceptors (Lipinski definition) is 0. The maximum absolute atomic E-state index is 2.30. The molecular formula is C19H22. The fourth-order valence-corrected chi connectivity index (χ4v) is 3.43. The molecule has 19 heavy (non-hydrogen) atoms. The molecule has 2 aromatic carbocycles. The van der Waals surface area contributed by atoms with E-state index in [9.17, 15) is 0 Å². The van der Waals surface area contributed by atoms with Gasteiger partial charge in [-0.05, 0) is 35.3 Å². The monoisotopic (exact) mass is 250 g/mol. The second kappa shape index (κ2) is 5.61. The van der Waals surface area contributed by atoms with E-state index < -0.39 is 0 Å². The van der Waals surface area contributed by atoms with Crippen molar-refractivity contribution < 1.29 is 0 Å². The molecule has 0 bridgehead atoms. The minimum atomic E-state index is 0.746. The summed E-state index contributed by atoms with van der Waals surface area (Å²) < 4.78 is 0. The topological polar surface area (TPSA) is 0 Å². The highest BCUT2D eigenvalue weighted by Gasteiger charge is 2.50. The Bertz CT molecular complexity index is 455. The Kier molecular flexibility index (Phi) is 3.68. The van der Waals surface area contributed by atoms with Gasteiger partial charge in [0.2, 0.25) is 0 Å². The average Bonchev–Trinajstić information content (AvgIpc) is 3.21. The molecule has 3 rings (SSSR count). The lowest BCUT2D eigenvalue weighted by molar-refractivity contribution is 0.630. The molecule has 0 nitrogen and oxygen atoms in total. The van der Waals surface area contributed by atoms with E-state index in [4.69, 9.17) is 0 Å². The smallest absolute Gasteiger partial charge is 0.00558 e. The Morgan fingerprint density at radius 1 is 0.737 bits per heavy atom. The van der Waals surface area contributed by atoms with Crippen molar-refractivity contribution in [2.24, 2.45) is 5.92 Å². The Labute approximate surface area is 116 Å². The predicted molar refractivity (Wildman–Crippen MR) is 81.4 cm³/mol. The Morgan fingerprint density at radius 3 is 1.63 bits per heavy atom. The van der Waals surface area contributed by atoms with E-state index in [2.05, 4.69) is 67.6 Å². The summed E-state index contributed by atoms with van der Waals surface area (Å²) in [4.78, 5) is 0. The third-order valence-electron chi connectivity index (χ3n) is 4.43. The van der Waals surface area contributed by atoms with Gasteiger partial charge < -0.3 is 0 Å². The van der Waals surface area contributed by atoms with Crippen LogP contribution in [0.25, 0.3) is 0 Å². The molecule has 0 amide bonds. The molecule has 3 atom stereocenters. The molecule has 0 radical (unpaired) electrons. The molecule has 1 aliphatic rings. The molecule has 0 aromatic heterocycles.